The second-order valence-electron chi connectivity index (χ2n) is 4.11. The van der Waals surface area contributed by atoms with Crippen LogP contribution in [0.25, 0.3) is 4.96 Å². The van der Waals surface area contributed by atoms with Crippen LogP contribution in [0.1, 0.15) is 11.3 Å². The van der Waals surface area contributed by atoms with E-state index >= 15 is 0 Å². The summed E-state index contributed by atoms with van der Waals surface area (Å²) in [4.78, 5) is 5.19. The van der Waals surface area contributed by atoms with Gasteiger partial charge in [-0.1, -0.05) is 6.07 Å². The van der Waals surface area contributed by atoms with Crippen molar-refractivity contribution in [3.8, 4) is 11.6 Å². The maximum atomic E-state index is 9.47. The SMILES string of the molecule is Cc1ccc(Oc2nc3sccn3c2CO)c(Br)c1. The average Bonchev–Trinajstić information content (AvgIpc) is 2.92. The van der Waals surface area contributed by atoms with Crippen LogP contribution >= 0.6 is 27.3 Å². The summed E-state index contributed by atoms with van der Waals surface area (Å²) < 4.78 is 8.50. The largest absolute Gasteiger partial charge is 0.436 e. The van der Waals surface area contributed by atoms with Crippen LogP contribution in [0.2, 0.25) is 0 Å². The highest BCUT2D eigenvalue weighted by Crippen LogP contribution is 2.32. The summed E-state index contributed by atoms with van der Waals surface area (Å²) in [6, 6.07) is 5.83. The maximum absolute atomic E-state index is 9.47. The highest BCUT2D eigenvalue weighted by atomic mass is 79.9. The Morgan fingerprint density at radius 3 is 3.05 bits per heavy atom. The Bertz CT molecular complexity index is 735. The molecule has 0 saturated heterocycles. The third-order valence-electron chi connectivity index (χ3n) is 2.77. The number of aryl methyl sites for hydroxylation is 1. The van der Waals surface area contributed by atoms with Crippen LogP contribution in [0, 0.1) is 6.92 Å². The highest BCUT2D eigenvalue weighted by molar-refractivity contribution is 9.10. The van der Waals surface area contributed by atoms with Gasteiger partial charge < -0.3 is 9.84 Å². The van der Waals surface area contributed by atoms with E-state index in [-0.39, 0.29) is 6.61 Å². The van der Waals surface area contributed by atoms with Crippen LogP contribution in [-0.2, 0) is 6.61 Å². The van der Waals surface area contributed by atoms with E-state index in [1.807, 2.05) is 41.1 Å². The third-order valence-corrected chi connectivity index (χ3v) is 4.14. The molecule has 4 nitrogen and oxygen atoms in total. The number of ether oxygens (including phenoxy) is 1. The number of rotatable bonds is 3. The number of imidazole rings is 1. The first-order valence-corrected chi connectivity index (χ1v) is 7.35. The van der Waals surface area contributed by atoms with Crippen LogP contribution in [-0.4, -0.2) is 14.5 Å². The van der Waals surface area contributed by atoms with Crippen molar-refractivity contribution in [2.24, 2.45) is 0 Å². The zero-order valence-electron chi connectivity index (χ0n) is 10.1. The van der Waals surface area contributed by atoms with Crippen molar-refractivity contribution < 1.29 is 9.84 Å². The first-order chi connectivity index (χ1) is 9.19. The molecule has 98 valence electrons. The molecule has 2 heterocycles. The average molecular weight is 339 g/mol. The maximum Gasteiger partial charge on any atom is 0.244 e. The van der Waals surface area contributed by atoms with Gasteiger partial charge in [-0.25, -0.2) is 0 Å². The van der Waals surface area contributed by atoms with E-state index in [4.69, 9.17) is 4.74 Å². The monoisotopic (exact) mass is 338 g/mol. The molecule has 0 aliphatic carbocycles. The molecule has 0 saturated carbocycles. The second kappa shape index (κ2) is 4.96. The molecule has 0 aliphatic heterocycles. The number of aliphatic hydroxyl groups is 1. The lowest BCUT2D eigenvalue weighted by atomic mass is 10.2. The summed E-state index contributed by atoms with van der Waals surface area (Å²) in [7, 11) is 0. The molecule has 6 heteroatoms. The minimum absolute atomic E-state index is 0.114. The van der Waals surface area contributed by atoms with Gasteiger partial charge in [-0.05, 0) is 40.5 Å². The molecule has 0 radical (unpaired) electrons. The fourth-order valence-corrected chi connectivity index (χ4v) is 3.13. The Hall–Kier alpha value is -1.37. The molecule has 1 N–H and O–H groups in total. The molecular formula is C13H11BrN2O2S. The van der Waals surface area contributed by atoms with Gasteiger partial charge in [-0.3, -0.25) is 4.40 Å². The van der Waals surface area contributed by atoms with Crippen molar-refractivity contribution in [3.05, 3.63) is 45.5 Å². The lowest BCUT2D eigenvalue weighted by molar-refractivity contribution is 0.269. The van der Waals surface area contributed by atoms with Crippen molar-refractivity contribution in [2.75, 3.05) is 0 Å². The number of aliphatic hydroxyl groups excluding tert-OH is 1. The first-order valence-electron chi connectivity index (χ1n) is 5.68. The van der Waals surface area contributed by atoms with Crippen molar-refractivity contribution in [1.29, 1.82) is 0 Å². The van der Waals surface area contributed by atoms with E-state index < -0.39 is 0 Å². The number of aromatic nitrogens is 2. The number of halogens is 1. The lowest BCUT2D eigenvalue weighted by Crippen LogP contribution is -1.94. The van der Waals surface area contributed by atoms with Crippen LogP contribution < -0.4 is 4.74 Å². The van der Waals surface area contributed by atoms with E-state index in [0.29, 0.717) is 17.3 Å². The number of benzene rings is 1. The quantitative estimate of drug-likeness (QED) is 0.791. The zero-order valence-corrected chi connectivity index (χ0v) is 12.5. The topological polar surface area (TPSA) is 46.8 Å². The number of thiazole rings is 1. The van der Waals surface area contributed by atoms with Crippen LogP contribution in [0.4, 0.5) is 0 Å². The fraction of sp³-hybridized carbons (Fsp3) is 0.154. The van der Waals surface area contributed by atoms with E-state index in [1.165, 1.54) is 11.3 Å². The summed E-state index contributed by atoms with van der Waals surface area (Å²) in [5, 5.41) is 11.4. The Labute approximate surface area is 122 Å². The molecule has 3 rings (SSSR count). The predicted molar refractivity (Wildman–Crippen MR) is 77.9 cm³/mol. The minimum Gasteiger partial charge on any atom is -0.436 e. The highest BCUT2D eigenvalue weighted by Gasteiger charge is 2.15. The van der Waals surface area contributed by atoms with Gasteiger partial charge in [0.2, 0.25) is 5.88 Å². The predicted octanol–water partition coefficient (Wildman–Crippen LogP) is 3.75. The Balaban J connectivity index is 2.02. The smallest absolute Gasteiger partial charge is 0.244 e. The van der Waals surface area contributed by atoms with Gasteiger partial charge in [0.05, 0.1) is 11.1 Å². The molecular weight excluding hydrogens is 328 g/mol. The molecule has 0 bridgehead atoms. The van der Waals surface area contributed by atoms with Gasteiger partial charge in [0.15, 0.2) is 4.96 Å². The molecule has 0 atom stereocenters. The second-order valence-corrected chi connectivity index (χ2v) is 5.84. The van der Waals surface area contributed by atoms with E-state index in [9.17, 15) is 5.11 Å². The molecule has 2 aromatic heterocycles. The van der Waals surface area contributed by atoms with E-state index in [1.54, 1.807) is 0 Å². The summed E-state index contributed by atoms with van der Waals surface area (Å²) >= 11 is 4.97. The van der Waals surface area contributed by atoms with Crippen molar-refractivity contribution in [1.82, 2.24) is 9.38 Å². The normalized spacial score (nSPS) is 11.1. The zero-order chi connectivity index (χ0) is 13.4. The van der Waals surface area contributed by atoms with Gasteiger partial charge in [0.25, 0.3) is 0 Å². The Kier molecular flexibility index (Phi) is 3.30. The van der Waals surface area contributed by atoms with Crippen molar-refractivity contribution >= 4 is 32.2 Å². The van der Waals surface area contributed by atoms with Gasteiger partial charge >= 0.3 is 0 Å². The summed E-state index contributed by atoms with van der Waals surface area (Å²) in [5.74, 6) is 1.13. The Morgan fingerprint density at radius 2 is 2.32 bits per heavy atom. The van der Waals surface area contributed by atoms with Gasteiger partial charge in [0, 0.05) is 11.6 Å². The molecule has 0 spiro atoms. The Morgan fingerprint density at radius 1 is 1.47 bits per heavy atom. The molecule has 19 heavy (non-hydrogen) atoms. The van der Waals surface area contributed by atoms with Crippen LogP contribution in [0.15, 0.2) is 34.2 Å². The number of fused-ring (bicyclic) bond motifs is 1. The van der Waals surface area contributed by atoms with Crippen LogP contribution in [0.5, 0.6) is 11.6 Å². The van der Waals surface area contributed by atoms with E-state index in [0.717, 1.165) is 15.0 Å². The first kappa shape index (κ1) is 12.7. The van der Waals surface area contributed by atoms with Crippen LogP contribution in [0.3, 0.4) is 0 Å². The number of nitrogens with zero attached hydrogens (tertiary/aromatic N) is 2. The summed E-state index contributed by atoms with van der Waals surface area (Å²) in [5.41, 5.74) is 1.80. The number of hydrogen-bond donors (Lipinski definition) is 1. The third kappa shape index (κ3) is 2.27. The van der Waals surface area contributed by atoms with Crippen molar-refractivity contribution in [2.45, 2.75) is 13.5 Å². The molecule has 0 aliphatic rings. The van der Waals surface area contributed by atoms with Gasteiger partial charge in [-0.15, -0.1) is 11.3 Å². The van der Waals surface area contributed by atoms with Gasteiger partial charge in [0.1, 0.15) is 11.4 Å². The van der Waals surface area contributed by atoms with Crippen molar-refractivity contribution in [3.63, 3.8) is 0 Å². The minimum atomic E-state index is -0.114. The summed E-state index contributed by atoms with van der Waals surface area (Å²) in [6.45, 7) is 1.90. The molecule has 0 amide bonds. The molecule has 1 aromatic carbocycles. The van der Waals surface area contributed by atoms with E-state index in [2.05, 4.69) is 20.9 Å². The lowest BCUT2D eigenvalue weighted by Gasteiger charge is -2.07. The number of hydrogen-bond acceptors (Lipinski definition) is 4. The van der Waals surface area contributed by atoms with Gasteiger partial charge in [-0.2, -0.15) is 4.98 Å². The fourth-order valence-electron chi connectivity index (χ4n) is 1.83. The molecule has 0 fully saturated rings. The molecule has 0 unspecified atom stereocenters. The standard InChI is InChI=1S/C13H11BrN2O2S/c1-8-2-3-11(9(14)6-8)18-12-10(7-17)16-4-5-19-13(16)15-12/h2-6,17H,7H2,1H3. The molecule has 3 aromatic rings. The summed E-state index contributed by atoms with van der Waals surface area (Å²) in [6.07, 6.45) is 1.87.